The molecular formula is C16H27NO3S. The molecule has 0 radical (unpaired) electrons. The van der Waals surface area contributed by atoms with Gasteiger partial charge in [0.2, 0.25) is 10.0 Å². The molecule has 120 valence electrons. The smallest absolute Gasteiger partial charge is 0.209 e. The maximum absolute atomic E-state index is 10.9. The molecule has 0 amide bonds. The number of nitrogens with two attached hydrogens (primary N) is 1. The van der Waals surface area contributed by atoms with E-state index in [-0.39, 0.29) is 11.7 Å². The third-order valence-corrected chi connectivity index (χ3v) is 4.45. The minimum Gasteiger partial charge on any atom is -0.493 e. The molecule has 1 aromatic carbocycles. The van der Waals surface area contributed by atoms with E-state index in [0.717, 1.165) is 17.7 Å². The first kappa shape index (κ1) is 18.0. The molecule has 0 aromatic heterocycles. The molecule has 0 fully saturated rings. The number of hydrogen-bond donors (Lipinski definition) is 1. The van der Waals surface area contributed by atoms with Crippen LogP contribution in [0.3, 0.4) is 0 Å². The molecule has 4 nitrogen and oxygen atoms in total. The summed E-state index contributed by atoms with van der Waals surface area (Å²) in [5, 5.41) is 5.01. The summed E-state index contributed by atoms with van der Waals surface area (Å²) >= 11 is 0. The van der Waals surface area contributed by atoms with Crippen LogP contribution in [0, 0.1) is 12.8 Å². The van der Waals surface area contributed by atoms with E-state index in [9.17, 15) is 8.42 Å². The maximum Gasteiger partial charge on any atom is 0.209 e. The molecule has 0 bridgehead atoms. The van der Waals surface area contributed by atoms with Crippen LogP contribution in [0.25, 0.3) is 0 Å². The lowest BCUT2D eigenvalue weighted by Crippen LogP contribution is -2.18. The van der Waals surface area contributed by atoms with Gasteiger partial charge in [0.1, 0.15) is 5.75 Å². The molecule has 0 aliphatic carbocycles. The summed E-state index contributed by atoms with van der Waals surface area (Å²) in [6.07, 6.45) is 1.40. The Labute approximate surface area is 128 Å². The van der Waals surface area contributed by atoms with Crippen LogP contribution in [0.1, 0.15) is 50.7 Å². The van der Waals surface area contributed by atoms with Gasteiger partial charge in [-0.3, -0.25) is 0 Å². The molecule has 0 saturated carbocycles. The van der Waals surface area contributed by atoms with Crippen molar-refractivity contribution in [1.82, 2.24) is 0 Å². The highest BCUT2D eigenvalue weighted by molar-refractivity contribution is 7.89. The van der Waals surface area contributed by atoms with Gasteiger partial charge in [-0.15, -0.1) is 0 Å². The molecule has 0 saturated heterocycles. The van der Waals surface area contributed by atoms with Crippen molar-refractivity contribution in [2.75, 3.05) is 12.4 Å². The lowest BCUT2D eigenvalue weighted by Gasteiger charge is -2.15. The predicted molar refractivity (Wildman–Crippen MR) is 87.1 cm³/mol. The Hall–Kier alpha value is -1.07. The van der Waals surface area contributed by atoms with E-state index in [1.807, 2.05) is 13.8 Å². The summed E-state index contributed by atoms with van der Waals surface area (Å²) in [7, 11) is -3.36. The second kappa shape index (κ2) is 7.80. The van der Waals surface area contributed by atoms with Gasteiger partial charge in [-0.2, -0.15) is 0 Å². The molecule has 1 rings (SSSR count). The number of hydrogen-bond acceptors (Lipinski definition) is 3. The van der Waals surface area contributed by atoms with Crippen molar-refractivity contribution in [3.05, 3.63) is 29.3 Å². The second-order valence-electron chi connectivity index (χ2n) is 6.08. The van der Waals surface area contributed by atoms with Crippen LogP contribution in [0.2, 0.25) is 0 Å². The van der Waals surface area contributed by atoms with Crippen molar-refractivity contribution < 1.29 is 13.2 Å². The molecule has 1 unspecified atom stereocenters. The van der Waals surface area contributed by atoms with Crippen LogP contribution in [-0.4, -0.2) is 20.8 Å². The zero-order valence-corrected chi connectivity index (χ0v) is 14.2. The Morgan fingerprint density at radius 2 is 1.86 bits per heavy atom. The number of ether oxygens (including phenoxy) is 1. The van der Waals surface area contributed by atoms with Gasteiger partial charge >= 0.3 is 0 Å². The molecular weight excluding hydrogens is 286 g/mol. The van der Waals surface area contributed by atoms with Crippen molar-refractivity contribution >= 4 is 10.0 Å². The first-order valence-corrected chi connectivity index (χ1v) is 9.14. The first-order chi connectivity index (χ1) is 9.69. The molecule has 21 heavy (non-hydrogen) atoms. The number of aryl methyl sites for hydroxylation is 1. The van der Waals surface area contributed by atoms with Gasteiger partial charge < -0.3 is 4.74 Å². The molecule has 5 heteroatoms. The van der Waals surface area contributed by atoms with Crippen LogP contribution in [0.5, 0.6) is 5.75 Å². The van der Waals surface area contributed by atoms with Crippen LogP contribution < -0.4 is 9.88 Å². The fourth-order valence-corrected chi connectivity index (χ4v) is 2.74. The average molecular weight is 313 g/mol. The Kier molecular flexibility index (Phi) is 6.68. The number of rotatable bonds is 8. The topological polar surface area (TPSA) is 69.4 Å². The molecule has 1 atom stereocenters. The Balaban J connectivity index is 2.47. The van der Waals surface area contributed by atoms with Crippen LogP contribution in [-0.2, 0) is 10.0 Å². The van der Waals surface area contributed by atoms with E-state index in [1.165, 1.54) is 5.56 Å². The number of benzene rings is 1. The minimum absolute atomic E-state index is 0.0377. The summed E-state index contributed by atoms with van der Waals surface area (Å²) in [6, 6.07) is 6.30. The Morgan fingerprint density at radius 1 is 1.19 bits per heavy atom. The number of primary sulfonamides is 1. The molecule has 0 heterocycles. The summed E-state index contributed by atoms with van der Waals surface area (Å²) in [5.74, 6) is 1.70. The van der Waals surface area contributed by atoms with Crippen molar-refractivity contribution in [3.63, 3.8) is 0 Å². The maximum atomic E-state index is 10.9. The van der Waals surface area contributed by atoms with Gasteiger partial charge in [-0.25, -0.2) is 13.6 Å². The van der Waals surface area contributed by atoms with Gasteiger partial charge in [0.15, 0.2) is 0 Å². The third-order valence-electron chi connectivity index (χ3n) is 3.64. The molecule has 2 N–H and O–H groups in total. The summed E-state index contributed by atoms with van der Waals surface area (Å²) in [5.41, 5.74) is 2.38. The summed E-state index contributed by atoms with van der Waals surface area (Å²) in [4.78, 5) is 0. The van der Waals surface area contributed by atoms with Gasteiger partial charge in [-0.05, 0) is 48.8 Å². The van der Waals surface area contributed by atoms with E-state index >= 15 is 0 Å². The molecule has 1 aromatic rings. The van der Waals surface area contributed by atoms with Crippen molar-refractivity contribution in [2.24, 2.45) is 11.1 Å². The Bertz CT molecular complexity index is 553. The van der Waals surface area contributed by atoms with E-state index in [1.54, 1.807) is 0 Å². The Morgan fingerprint density at radius 3 is 2.43 bits per heavy atom. The van der Waals surface area contributed by atoms with E-state index in [4.69, 9.17) is 9.88 Å². The summed E-state index contributed by atoms with van der Waals surface area (Å²) in [6.45, 7) is 8.96. The predicted octanol–water partition coefficient (Wildman–Crippen LogP) is 3.20. The largest absolute Gasteiger partial charge is 0.493 e. The quantitative estimate of drug-likeness (QED) is 0.801. The van der Waals surface area contributed by atoms with Crippen molar-refractivity contribution in [3.8, 4) is 5.75 Å². The first-order valence-electron chi connectivity index (χ1n) is 7.43. The lowest BCUT2D eigenvalue weighted by atomic mass is 10.0. The normalized spacial score (nSPS) is 13.4. The van der Waals surface area contributed by atoms with E-state index in [0.29, 0.717) is 18.9 Å². The fraction of sp³-hybridized carbons (Fsp3) is 0.625. The third kappa shape index (κ3) is 6.96. The average Bonchev–Trinajstić information content (AvgIpc) is 2.37. The van der Waals surface area contributed by atoms with E-state index < -0.39 is 10.0 Å². The molecule has 0 aliphatic heterocycles. The SMILES string of the molecule is Cc1ccc(C(C)C)cc1OCCC(C)CCS(N)(=O)=O. The van der Waals surface area contributed by atoms with Gasteiger partial charge in [0.25, 0.3) is 0 Å². The van der Waals surface area contributed by atoms with Gasteiger partial charge in [-0.1, -0.05) is 32.9 Å². The van der Waals surface area contributed by atoms with Crippen LogP contribution >= 0.6 is 0 Å². The van der Waals surface area contributed by atoms with Crippen molar-refractivity contribution in [2.45, 2.75) is 46.5 Å². The highest BCUT2D eigenvalue weighted by Gasteiger charge is 2.09. The zero-order valence-electron chi connectivity index (χ0n) is 13.4. The highest BCUT2D eigenvalue weighted by atomic mass is 32.2. The highest BCUT2D eigenvalue weighted by Crippen LogP contribution is 2.24. The number of sulfonamides is 1. The minimum atomic E-state index is -3.36. The zero-order chi connectivity index (χ0) is 16.0. The standard InChI is InChI=1S/C16H27NO3S/c1-12(2)15-6-5-14(4)16(11-15)20-9-7-13(3)8-10-21(17,18)19/h5-6,11-13H,7-10H2,1-4H3,(H2,17,18,19). The molecule has 0 spiro atoms. The van der Waals surface area contributed by atoms with Gasteiger partial charge in [0.05, 0.1) is 12.4 Å². The fourth-order valence-electron chi connectivity index (χ4n) is 2.01. The van der Waals surface area contributed by atoms with E-state index in [2.05, 4.69) is 32.0 Å². The second-order valence-corrected chi connectivity index (χ2v) is 7.81. The lowest BCUT2D eigenvalue weighted by molar-refractivity contribution is 0.280. The monoisotopic (exact) mass is 313 g/mol. The van der Waals surface area contributed by atoms with Gasteiger partial charge in [0, 0.05) is 0 Å². The summed E-state index contributed by atoms with van der Waals surface area (Å²) < 4.78 is 27.7. The van der Waals surface area contributed by atoms with Crippen LogP contribution in [0.15, 0.2) is 18.2 Å². The van der Waals surface area contributed by atoms with Crippen molar-refractivity contribution in [1.29, 1.82) is 0 Å². The molecule has 0 aliphatic rings. The van der Waals surface area contributed by atoms with Crippen LogP contribution in [0.4, 0.5) is 0 Å².